The molecule has 2 saturated heterocycles. The number of nitrogens with one attached hydrogen (secondary N) is 3. The zero-order chi connectivity index (χ0) is 25.9. The third-order valence-corrected chi connectivity index (χ3v) is 6.38. The standard InChI is InChI=1S/C25H35N7O4/c1-35-36-17-20(14-26)24(29-15-18-7-9-19(10-8-18)23(27)28)30-21-6-2-3-13-32(25(21)34)16-22(33)31-11-4-5-12-31/h7-10,21,29-30H,2-6,11-13,15-17H2,1H3,(H3,27,28)/b24-20+. The van der Waals surface area contributed by atoms with Crippen LogP contribution in [0, 0.1) is 16.7 Å². The maximum absolute atomic E-state index is 13.4. The zero-order valence-corrected chi connectivity index (χ0v) is 20.7. The summed E-state index contributed by atoms with van der Waals surface area (Å²) in [5.41, 5.74) is 7.28. The van der Waals surface area contributed by atoms with Gasteiger partial charge in [-0.3, -0.25) is 15.0 Å². The lowest BCUT2D eigenvalue weighted by atomic mass is 10.1. The summed E-state index contributed by atoms with van der Waals surface area (Å²) >= 11 is 0. The molecule has 0 aliphatic carbocycles. The Labute approximate surface area is 211 Å². The van der Waals surface area contributed by atoms with Crippen molar-refractivity contribution in [1.29, 1.82) is 10.7 Å². The van der Waals surface area contributed by atoms with Gasteiger partial charge in [0.05, 0.1) is 19.2 Å². The molecule has 1 unspecified atom stereocenters. The predicted molar refractivity (Wildman–Crippen MR) is 133 cm³/mol. The van der Waals surface area contributed by atoms with Gasteiger partial charge in [-0.25, -0.2) is 9.78 Å². The van der Waals surface area contributed by atoms with E-state index in [1.165, 1.54) is 7.11 Å². The van der Waals surface area contributed by atoms with Crippen molar-refractivity contribution in [2.45, 2.75) is 44.7 Å². The molecule has 3 rings (SSSR count). The van der Waals surface area contributed by atoms with Crippen LogP contribution in [0.5, 0.6) is 0 Å². The molecular formula is C25H35N7O4. The fourth-order valence-electron chi connectivity index (χ4n) is 4.32. The monoisotopic (exact) mass is 497 g/mol. The van der Waals surface area contributed by atoms with Crippen molar-refractivity contribution in [2.24, 2.45) is 5.73 Å². The number of rotatable bonds is 11. The minimum atomic E-state index is -0.590. The van der Waals surface area contributed by atoms with Gasteiger partial charge in [0.2, 0.25) is 11.8 Å². The minimum Gasteiger partial charge on any atom is -0.384 e. The van der Waals surface area contributed by atoms with Crippen LogP contribution in [0.25, 0.3) is 0 Å². The van der Waals surface area contributed by atoms with E-state index in [9.17, 15) is 14.9 Å². The highest BCUT2D eigenvalue weighted by molar-refractivity contribution is 5.94. The first kappa shape index (κ1) is 27.0. The number of nitrogens with zero attached hydrogens (tertiary/aromatic N) is 3. The van der Waals surface area contributed by atoms with Crippen LogP contribution in [0.1, 0.15) is 43.2 Å². The third kappa shape index (κ3) is 7.44. The van der Waals surface area contributed by atoms with Crippen molar-refractivity contribution in [3.05, 3.63) is 46.8 Å². The van der Waals surface area contributed by atoms with E-state index in [4.69, 9.17) is 16.0 Å². The van der Waals surface area contributed by atoms with Crippen molar-refractivity contribution in [1.82, 2.24) is 20.4 Å². The Morgan fingerprint density at radius 3 is 2.53 bits per heavy atom. The molecule has 1 atom stereocenters. The van der Waals surface area contributed by atoms with Gasteiger partial charge in [-0.2, -0.15) is 5.26 Å². The van der Waals surface area contributed by atoms with Gasteiger partial charge in [-0.1, -0.05) is 24.3 Å². The number of carbonyl (C=O) groups excluding carboxylic acids is 2. The lowest BCUT2D eigenvalue weighted by molar-refractivity contribution is -0.264. The Kier molecular flexibility index (Phi) is 10.1. The summed E-state index contributed by atoms with van der Waals surface area (Å²) in [6, 6.07) is 8.70. The molecule has 1 aromatic carbocycles. The maximum atomic E-state index is 13.4. The summed E-state index contributed by atoms with van der Waals surface area (Å²) in [4.78, 5) is 39.2. The molecule has 0 bridgehead atoms. The Hall–Kier alpha value is -3.62. The Bertz CT molecular complexity index is 997. The van der Waals surface area contributed by atoms with Gasteiger partial charge in [0.1, 0.15) is 30.4 Å². The van der Waals surface area contributed by atoms with Gasteiger partial charge in [0, 0.05) is 31.7 Å². The van der Waals surface area contributed by atoms with E-state index < -0.39 is 6.04 Å². The van der Waals surface area contributed by atoms with Gasteiger partial charge in [0.15, 0.2) is 0 Å². The van der Waals surface area contributed by atoms with Crippen LogP contribution in [-0.4, -0.2) is 73.4 Å². The SMILES string of the molecule is COOC/C(C#N)=C(\NCc1ccc(C(=N)N)cc1)NC1CCCCN(CC(=O)N2CCCC2)C1=O. The fraction of sp³-hybridized carbons (Fsp3) is 0.520. The second-order valence-corrected chi connectivity index (χ2v) is 8.90. The topological polar surface area (TPSA) is 157 Å². The molecule has 194 valence electrons. The molecule has 2 aliphatic rings. The van der Waals surface area contributed by atoms with Gasteiger partial charge < -0.3 is 26.2 Å². The van der Waals surface area contributed by atoms with E-state index in [0.717, 1.165) is 44.3 Å². The number of amides is 2. The molecule has 2 amide bonds. The van der Waals surface area contributed by atoms with Crippen molar-refractivity contribution in [3.8, 4) is 6.07 Å². The molecule has 0 aromatic heterocycles. The molecule has 2 fully saturated rings. The van der Waals surface area contributed by atoms with Crippen LogP contribution < -0.4 is 16.4 Å². The summed E-state index contributed by atoms with van der Waals surface area (Å²) in [6.07, 6.45) is 4.21. The van der Waals surface area contributed by atoms with Crippen LogP contribution in [0.4, 0.5) is 0 Å². The molecule has 5 N–H and O–H groups in total. The smallest absolute Gasteiger partial charge is 0.245 e. The Morgan fingerprint density at radius 2 is 1.89 bits per heavy atom. The Morgan fingerprint density at radius 1 is 1.19 bits per heavy atom. The molecule has 11 heteroatoms. The summed E-state index contributed by atoms with van der Waals surface area (Å²) < 4.78 is 0. The molecule has 0 spiro atoms. The molecule has 1 aromatic rings. The highest BCUT2D eigenvalue weighted by Gasteiger charge is 2.31. The number of carbonyl (C=O) groups is 2. The predicted octanol–water partition coefficient (Wildman–Crippen LogP) is 0.967. The normalized spacial score (nSPS) is 18.8. The van der Waals surface area contributed by atoms with Crippen LogP contribution in [0.2, 0.25) is 0 Å². The van der Waals surface area contributed by atoms with E-state index in [1.807, 2.05) is 17.0 Å². The van der Waals surface area contributed by atoms with Gasteiger partial charge >= 0.3 is 0 Å². The molecule has 2 aliphatic heterocycles. The number of likely N-dealkylation sites (tertiary alicyclic amines) is 2. The average molecular weight is 498 g/mol. The van der Waals surface area contributed by atoms with Gasteiger partial charge in [-0.15, -0.1) is 0 Å². The summed E-state index contributed by atoms with van der Waals surface area (Å²) in [7, 11) is 1.36. The molecular weight excluding hydrogens is 462 g/mol. The van der Waals surface area contributed by atoms with Crippen LogP contribution in [-0.2, 0) is 25.9 Å². The van der Waals surface area contributed by atoms with Crippen molar-refractivity contribution >= 4 is 17.6 Å². The maximum Gasteiger partial charge on any atom is 0.245 e. The number of nitrogens with two attached hydrogens (primary N) is 1. The van der Waals surface area contributed by atoms with Crippen LogP contribution in [0.3, 0.4) is 0 Å². The highest BCUT2D eigenvalue weighted by atomic mass is 17.2. The molecule has 11 nitrogen and oxygen atoms in total. The highest BCUT2D eigenvalue weighted by Crippen LogP contribution is 2.16. The number of amidine groups is 1. The first-order valence-electron chi connectivity index (χ1n) is 12.2. The Balaban J connectivity index is 1.73. The molecule has 2 heterocycles. The van der Waals surface area contributed by atoms with Crippen molar-refractivity contribution in [2.75, 3.05) is 39.9 Å². The van der Waals surface area contributed by atoms with Crippen LogP contribution >= 0.6 is 0 Å². The first-order chi connectivity index (χ1) is 17.4. The van der Waals surface area contributed by atoms with Gasteiger partial charge in [0.25, 0.3) is 0 Å². The molecule has 0 saturated carbocycles. The lowest BCUT2D eigenvalue weighted by Gasteiger charge is -2.28. The number of benzene rings is 1. The molecule has 0 radical (unpaired) electrons. The second kappa shape index (κ2) is 13.5. The third-order valence-electron chi connectivity index (χ3n) is 6.38. The van der Waals surface area contributed by atoms with E-state index in [1.54, 1.807) is 17.0 Å². The van der Waals surface area contributed by atoms with E-state index in [-0.39, 0.29) is 36.4 Å². The summed E-state index contributed by atoms with van der Waals surface area (Å²) in [5, 5.41) is 23.7. The van der Waals surface area contributed by atoms with E-state index in [0.29, 0.717) is 30.9 Å². The largest absolute Gasteiger partial charge is 0.384 e. The van der Waals surface area contributed by atoms with E-state index in [2.05, 4.69) is 21.6 Å². The van der Waals surface area contributed by atoms with Crippen molar-refractivity contribution in [3.63, 3.8) is 0 Å². The first-order valence-corrected chi connectivity index (χ1v) is 12.2. The number of nitrogen functional groups attached to an aromatic ring is 1. The quantitative estimate of drug-likeness (QED) is 0.116. The number of hydrogen-bond acceptors (Lipinski definition) is 8. The second-order valence-electron chi connectivity index (χ2n) is 8.90. The summed E-state index contributed by atoms with van der Waals surface area (Å²) in [5.74, 6) is 0.182. The number of nitriles is 1. The zero-order valence-electron chi connectivity index (χ0n) is 20.7. The summed E-state index contributed by atoms with van der Waals surface area (Å²) in [6.45, 7) is 2.35. The van der Waals surface area contributed by atoms with Crippen molar-refractivity contribution < 1.29 is 19.4 Å². The average Bonchev–Trinajstić information content (AvgIpc) is 3.37. The fourth-order valence-corrected chi connectivity index (χ4v) is 4.32. The number of hydrogen-bond donors (Lipinski definition) is 4. The minimum absolute atomic E-state index is 0.0140. The van der Waals surface area contributed by atoms with Crippen LogP contribution in [0.15, 0.2) is 35.7 Å². The molecule has 36 heavy (non-hydrogen) atoms. The lowest BCUT2D eigenvalue weighted by Crippen LogP contribution is -2.50. The van der Waals surface area contributed by atoms with E-state index >= 15 is 0 Å². The van der Waals surface area contributed by atoms with Gasteiger partial charge in [-0.05, 0) is 37.7 Å².